The van der Waals surface area contributed by atoms with E-state index in [1.54, 1.807) is 18.2 Å². The van der Waals surface area contributed by atoms with Crippen molar-refractivity contribution in [2.45, 2.75) is 45.1 Å². The molecule has 1 aliphatic rings. The first-order chi connectivity index (χ1) is 13.6. The number of carbonyl (C=O) groups excluding carboxylic acids is 1. The van der Waals surface area contributed by atoms with Crippen molar-refractivity contribution in [2.75, 3.05) is 10.8 Å². The highest BCUT2D eigenvalue weighted by atomic mass is 32.2. The van der Waals surface area contributed by atoms with Gasteiger partial charge < -0.3 is 4.74 Å². The van der Waals surface area contributed by atoms with Gasteiger partial charge in [-0.05, 0) is 62.9 Å². The van der Waals surface area contributed by atoms with E-state index < -0.39 is 27.3 Å². The van der Waals surface area contributed by atoms with Gasteiger partial charge in [0.05, 0.1) is 5.75 Å². The van der Waals surface area contributed by atoms with Crippen LogP contribution >= 0.6 is 0 Å². The molecule has 1 aliphatic heterocycles. The van der Waals surface area contributed by atoms with Crippen molar-refractivity contribution in [1.82, 2.24) is 9.82 Å². The van der Waals surface area contributed by atoms with Crippen LogP contribution in [0.2, 0.25) is 0 Å². The highest BCUT2D eigenvalue weighted by Gasteiger charge is 2.35. The second-order valence-corrected chi connectivity index (χ2v) is 9.51. The second-order valence-electron chi connectivity index (χ2n) is 7.69. The minimum atomic E-state index is -3.84. The molecule has 29 heavy (non-hydrogen) atoms. The lowest BCUT2D eigenvalue weighted by Gasteiger charge is -2.37. The number of nitrogens with one attached hydrogen (secondary N) is 1. The number of benzene rings is 1. The predicted molar refractivity (Wildman–Crippen MR) is 107 cm³/mol. The Morgan fingerprint density at radius 1 is 1.34 bits per heavy atom. The summed E-state index contributed by atoms with van der Waals surface area (Å²) in [6.07, 6.45) is 2.28. The van der Waals surface area contributed by atoms with Crippen molar-refractivity contribution in [3.8, 4) is 5.75 Å². The molecule has 1 unspecified atom stereocenters. The van der Waals surface area contributed by atoms with E-state index in [-0.39, 0.29) is 23.9 Å². The molecular formula is C20H24FN3O4S. The number of nitrogens with zero attached hydrogens (tertiary/aromatic N) is 2. The lowest BCUT2D eigenvalue weighted by molar-refractivity contribution is -0.116. The van der Waals surface area contributed by atoms with Gasteiger partial charge in [0, 0.05) is 18.7 Å². The van der Waals surface area contributed by atoms with Crippen molar-refractivity contribution < 1.29 is 22.3 Å². The number of hydrogen-bond acceptors (Lipinski definition) is 5. The normalized spacial score (nSPS) is 17.9. The van der Waals surface area contributed by atoms with Crippen molar-refractivity contribution in [3.63, 3.8) is 0 Å². The van der Waals surface area contributed by atoms with Gasteiger partial charge in [-0.25, -0.2) is 22.8 Å². The maximum atomic E-state index is 13.7. The standard InChI is InChI=1S/C20H24FN3O4S/c1-14(25)24(19-6-4-5-10-22-19)23-29(26,27)11-9-15-13-20(2,3)28-18-8-7-16(21)12-17(15)18/h4-8,10,12,15,23H,9,11,13H2,1-3H3. The molecule has 1 aromatic heterocycles. The zero-order valence-electron chi connectivity index (χ0n) is 16.6. The minimum Gasteiger partial charge on any atom is -0.488 e. The number of hydrazine groups is 1. The lowest BCUT2D eigenvalue weighted by atomic mass is 9.83. The number of halogens is 1. The van der Waals surface area contributed by atoms with Crippen molar-refractivity contribution in [1.29, 1.82) is 0 Å². The summed E-state index contributed by atoms with van der Waals surface area (Å²) in [6, 6.07) is 9.15. The van der Waals surface area contributed by atoms with Crippen LogP contribution in [0, 0.1) is 5.82 Å². The summed E-state index contributed by atoms with van der Waals surface area (Å²) < 4.78 is 45.0. The van der Waals surface area contributed by atoms with Gasteiger partial charge in [-0.15, -0.1) is 4.83 Å². The van der Waals surface area contributed by atoms with Crippen molar-refractivity contribution >= 4 is 21.7 Å². The van der Waals surface area contributed by atoms with Crippen LogP contribution in [0.3, 0.4) is 0 Å². The van der Waals surface area contributed by atoms with Gasteiger partial charge in [0.2, 0.25) is 15.9 Å². The number of sulfonamides is 1. The van der Waals surface area contributed by atoms with Gasteiger partial charge in [-0.3, -0.25) is 4.79 Å². The maximum absolute atomic E-state index is 13.7. The lowest BCUT2D eigenvalue weighted by Crippen LogP contribution is -2.47. The van der Waals surface area contributed by atoms with E-state index in [0.29, 0.717) is 17.7 Å². The molecule has 3 rings (SSSR count). The van der Waals surface area contributed by atoms with E-state index in [0.717, 1.165) is 5.01 Å². The fraction of sp³-hybridized carbons (Fsp3) is 0.400. The number of pyridine rings is 1. The molecule has 1 aromatic carbocycles. The number of rotatable bonds is 6. The van der Waals surface area contributed by atoms with Gasteiger partial charge in [0.25, 0.3) is 0 Å². The smallest absolute Gasteiger partial charge is 0.240 e. The number of carbonyl (C=O) groups is 1. The fourth-order valence-electron chi connectivity index (χ4n) is 3.47. The van der Waals surface area contributed by atoms with Gasteiger partial charge in [-0.1, -0.05) is 6.07 Å². The van der Waals surface area contributed by atoms with Crippen LogP contribution in [-0.2, 0) is 14.8 Å². The molecule has 7 nitrogen and oxygen atoms in total. The molecule has 0 saturated carbocycles. The summed E-state index contributed by atoms with van der Waals surface area (Å²) in [5.74, 6) is -0.579. The number of hydrogen-bond donors (Lipinski definition) is 1. The highest BCUT2D eigenvalue weighted by Crippen LogP contribution is 2.42. The topological polar surface area (TPSA) is 88.6 Å². The van der Waals surface area contributed by atoms with Crippen molar-refractivity contribution in [2.24, 2.45) is 0 Å². The second kappa shape index (κ2) is 8.08. The molecular weight excluding hydrogens is 397 g/mol. The molecule has 0 spiro atoms. The van der Waals surface area contributed by atoms with E-state index in [1.165, 1.54) is 31.3 Å². The van der Waals surface area contributed by atoms with Crippen LogP contribution in [0.4, 0.5) is 10.2 Å². The third-order valence-electron chi connectivity index (χ3n) is 4.69. The molecule has 1 N–H and O–H groups in total. The molecule has 0 radical (unpaired) electrons. The number of aromatic nitrogens is 1. The van der Waals surface area contributed by atoms with Gasteiger partial charge in [-0.2, -0.15) is 0 Å². The van der Waals surface area contributed by atoms with Crippen LogP contribution < -0.4 is 14.6 Å². The Morgan fingerprint density at radius 2 is 2.10 bits per heavy atom. The van der Waals surface area contributed by atoms with E-state index in [9.17, 15) is 17.6 Å². The van der Waals surface area contributed by atoms with Crippen LogP contribution in [-0.4, -0.2) is 30.7 Å². The molecule has 1 atom stereocenters. The van der Waals surface area contributed by atoms with Gasteiger partial charge >= 0.3 is 0 Å². The van der Waals surface area contributed by atoms with E-state index in [4.69, 9.17) is 4.74 Å². The van der Waals surface area contributed by atoms with Crippen molar-refractivity contribution in [3.05, 3.63) is 54.0 Å². The minimum absolute atomic E-state index is 0.184. The van der Waals surface area contributed by atoms with Crippen LogP contribution in [0.1, 0.15) is 45.1 Å². The van der Waals surface area contributed by atoms with E-state index >= 15 is 0 Å². The number of fused-ring (bicyclic) bond motifs is 1. The highest BCUT2D eigenvalue weighted by molar-refractivity contribution is 7.89. The fourth-order valence-corrected chi connectivity index (χ4v) is 4.66. The van der Waals surface area contributed by atoms with Crippen LogP contribution in [0.15, 0.2) is 42.6 Å². The zero-order valence-corrected chi connectivity index (χ0v) is 17.4. The number of ether oxygens (including phenoxy) is 1. The first kappa shape index (κ1) is 21.2. The van der Waals surface area contributed by atoms with Crippen LogP contribution in [0.5, 0.6) is 5.75 Å². The third-order valence-corrected chi connectivity index (χ3v) is 5.93. The third kappa shape index (κ3) is 5.30. The van der Waals surface area contributed by atoms with Crippen LogP contribution in [0.25, 0.3) is 0 Å². The molecule has 2 heterocycles. The SMILES string of the molecule is CC(=O)N(NS(=O)(=O)CCC1CC(C)(C)Oc2ccc(F)cc21)c1ccccn1. The number of amides is 1. The Hall–Kier alpha value is -2.52. The summed E-state index contributed by atoms with van der Waals surface area (Å²) >= 11 is 0. The summed E-state index contributed by atoms with van der Waals surface area (Å²) in [6.45, 7) is 5.08. The quantitative estimate of drug-likeness (QED) is 0.724. The molecule has 0 saturated heterocycles. The molecule has 1 amide bonds. The summed E-state index contributed by atoms with van der Waals surface area (Å²) in [5.41, 5.74) is 0.166. The average molecular weight is 421 g/mol. The maximum Gasteiger partial charge on any atom is 0.240 e. The van der Waals surface area contributed by atoms with E-state index in [2.05, 4.69) is 9.82 Å². The predicted octanol–water partition coefficient (Wildman–Crippen LogP) is 3.14. The van der Waals surface area contributed by atoms with E-state index in [1.807, 2.05) is 13.8 Å². The molecule has 2 aromatic rings. The summed E-state index contributed by atoms with van der Waals surface area (Å²) in [5, 5.41) is 0.900. The summed E-state index contributed by atoms with van der Waals surface area (Å²) in [4.78, 5) is 18.2. The zero-order chi connectivity index (χ0) is 21.2. The largest absolute Gasteiger partial charge is 0.488 e. The Kier molecular flexibility index (Phi) is 5.90. The first-order valence-corrected chi connectivity index (χ1v) is 10.9. The monoisotopic (exact) mass is 421 g/mol. The molecule has 156 valence electrons. The van der Waals surface area contributed by atoms with Gasteiger partial charge in [0.1, 0.15) is 17.2 Å². The Bertz CT molecular complexity index is 996. The summed E-state index contributed by atoms with van der Waals surface area (Å²) in [7, 11) is -3.84. The molecule has 0 bridgehead atoms. The average Bonchev–Trinajstić information content (AvgIpc) is 2.65. The molecule has 0 fully saturated rings. The first-order valence-electron chi connectivity index (χ1n) is 9.27. The molecule has 0 aliphatic carbocycles. The Morgan fingerprint density at radius 3 is 2.76 bits per heavy atom. The molecule has 9 heteroatoms. The Balaban J connectivity index is 1.76. The number of anilines is 1. The van der Waals surface area contributed by atoms with Gasteiger partial charge in [0.15, 0.2) is 5.82 Å². The Labute approximate surface area is 169 Å².